The Kier molecular flexibility index (Phi) is 4.51. The summed E-state index contributed by atoms with van der Waals surface area (Å²) in [6.07, 6.45) is 8.25. The molecule has 1 N–H and O–H groups in total. The molecule has 1 amide bonds. The minimum Gasteiger partial charge on any atom is -0.356 e. The van der Waals surface area contributed by atoms with Crippen LogP contribution in [-0.2, 0) is 4.79 Å². The lowest BCUT2D eigenvalue weighted by atomic mass is 9.86. The molecule has 3 atom stereocenters. The van der Waals surface area contributed by atoms with E-state index in [1.807, 2.05) is 0 Å². The number of amides is 1. The number of carbonyl (C=O) groups is 1. The van der Waals surface area contributed by atoms with Crippen LogP contribution in [0.3, 0.4) is 0 Å². The van der Waals surface area contributed by atoms with E-state index in [1.165, 1.54) is 25.7 Å². The molecule has 0 aliphatic heterocycles. The van der Waals surface area contributed by atoms with Crippen molar-refractivity contribution in [1.82, 2.24) is 5.32 Å². The van der Waals surface area contributed by atoms with Gasteiger partial charge in [-0.2, -0.15) is 0 Å². The number of alkyl halides is 1. The van der Waals surface area contributed by atoms with Gasteiger partial charge in [0.1, 0.15) is 0 Å². The highest BCUT2D eigenvalue weighted by Gasteiger charge is 2.39. The Hall–Kier alpha value is -0.240. The summed E-state index contributed by atoms with van der Waals surface area (Å²) in [7, 11) is 0. The van der Waals surface area contributed by atoms with Crippen LogP contribution in [0.2, 0.25) is 0 Å². The molecular formula is C13H22ClNO. The van der Waals surface area contributed by atoms with E-state index in [9.17, 15) is 4.79 Å². The zero-order valence-corrected chi connectivity index (χ0v) is 10.6. The summed E-state index contributed by atoms with van der Waals surface area (Å²) in [4.78, 5) is 11.7. The van der Waals surface area contributed by atoms with Gasteiger partial charge in [0.15, 0.2) is 0 Å². The number of fused-ring (bicyclic) bond motifs is 2. The van der Waals surface area contributed by atoms with Crippen molar-refractivity contribution in [1.29, 1.82) is 0 Å². The molecule has 92 valence electrons. The summed E-state index contributed by atoms with van der Waals surface area (Å²) < 4.78 is 0. The van der Waals surface area contributed by atoms with Crippen molar-refractivity contribution in [3.63, 3.8) is 0 Å². The van der Waals surface area contributed by atoms with Gasteiger partial charge in [0.2, 0.25) is 5.91 Å². The summed E-state index contributed by atoms with van der Waals surface area (Å²) in [6.45, 7) is 0.798. The van der Waals surface area contributed by atoms with Crippen molar-refractivity contribution >= 4 is 17.5 Å². The fourth-order valence-electron chi connectivity index (χ4n) is 3.38. The molecule has 3 unspecified atom stereocenters. The molecule has 2 aliphatic rings. The third-order valence-electron chi connectivity index (χ3n) is 4.21. The first-order valence-electron chi connectivity index (χ1n) is 6.62. The molecule has 0 saturated heterocycles. The fraction of sp³-hybridized carbons (Fsp3) is 0.923. The maximum atomic E-state index is 11.7. The van der Waals surface area contributed by atoms with Gasteiger partial charge in [-0.1, -0.05) is 6.42 Å². The van der Waals surface area contributed by atoms with Crippen LogP contribution in [0.25, 0.3) is 0 Å². The molecule has 0 spiro atoms. The Morgan fingerprint density at radius 2 is 2.12 bits per heavy atom. The molecule has 0 aromatic rings. The Morgan fingerprint density at radius 1 is 1.25 bits per heavy atom. The second-order valence-corrected chi connectivity index (χ2v) is 5.76. The van der Waals surface area contributed by atoms with Crippen LogP contribution in [0.5, 0.6) is 0 Å². The number of carbonyl (C=O) groups excluding carboxylic acids is 1. The minimum atomic E-state index is 0.257. The van der Waals surface area contributed by atoms with Crippen LogP contribution in [0.15, 0.2) is 0 Å². The lowest BCUT2D eigenvalue weighted by Crippen LogP contribution is -2.28. The first-order valence-corrected chi connectivity index (χ1v) is 7.15. The van der Waals surface area contributed by atoms with Crippen molar-refractivity contribution in [3.8, 4) is 0 Å². The Labute approximate surface area is 103 Å². The largest absolute Gasteiger partial charge is 0.356 e. The molecule has 2 rings (SSSR count). The Morgan fingerprint density at radius 3 is 2.75 bits per heavy atom. The quantitative estimate of drug-likeness (QED) is 0.564. The monoisotopic (exact) mass is 243 g/mol. The van der Waals surface area contributed by atoms with E-state index in [2.05, 4.69) is 5.32 Å². The second-order valence-electron chi connectivity index (χ2n) is 5.39. The first-order chi connectivity index (χ1) is 7.79. The van der Waals surface area contributed by atoms with Gasteiger partial charge >= 0.3 is 0 Å². The summed E-state index contributed by atoms with van der Waals surface area (Å²) in [5.74, 6) is 3.44. The number of rotatable bonds is 6. The van der Waals surface area contributed by atoms with E-state index < -0.39 is 0 Å². The third-order valence-corrected chi connectivity index (χ3v) is 4.48. The molecule has 0 radical (unpaired) electrons. The lowest BCUT2D eigenvalue weighted by molar-refractivity contribution is -0.122. The molecule has 2 bridgehead atoms. The fourth-order valence-corrected chi connectivity index (χ4v) is 3.57. The smallest absolute Gasteiger partial charge is 0.220 e. The highest BCUT2D eigenvalue weighted by atomic mass is 35.5. The predicted molar refractivity (Wildman–Crippen MR) is 66.5 cm³/mol. The van der Waals surface area contributed by atoms with Gasteiger partial charge < -0.3 is 5.32 Å². The van der Waals surface area contributed by atoms with Gasteiger partial charge in [-0.05, 0) is 49.9 Å². The van der Waals surface area contributed by atoms with Crippen molar-refractivity contribution in [3.05, 3.63) is 0 Å². The standard InChI is InChI=1S/C13H22ClNO/c14-5-1-2-6-15-13(16)9-12-8-10-3-4-11(12)7-10/h10-12H,1-9H2,(H,15,16). The summed E-state index contributed by atoms with van der Waals surface area (Å²) in [5, 5.41) is 3.01. The van der Waals surface area contributed by atoms with Gasteiger partial charge in [-0.3, -0.25) is 4.79 Å². The molecule has 3 heteroatoms. The van der Waals surface area contributed by atoms with Gasteiger partial charge in [0.25, 0.3) is 0 Å². The summed E-state index contributed by atoms with van der Waals surface area (Å²) in [6, 6.07) is 0. The predicted octanol–water partition coefficient (Wildman–Crippen LogP) is 2.95. The van der Waals surface area contributed by atoms with Crippen molar-refractivity contribution in [2.45, 2.75) is 44.9 Å². The van der Waals surface area contributed by atoms with Gasteiger partial charge in [0, 0.05) is 18.8 Å². The second kappa shape index (κ2) is 5.90. The number of halogens is 1. The number of hydrogen-bond donors (Lipinski definition) is 1. The topological polar surface area (TPSA) is 29.1 Å². The lowest BCUT2D eigenvalue weighted by Gasteiger charge is -2.20. The first kappa shape index (κ1) is 12.2. The van der Waals surface area contributed by atoms with Crippen LogP contribution < -0.4 is 5.32 Å². The van der Waals surface area contributed by atoms with E-state index in [-0.39, 0.29) is 5.91 Å². The van der Waals surface area contributed by atoms with Crippen LogP contribution in [0.1, 0.15) is 44.9 Å². The normalized spacial score (nSPS) is 31.9. The van der Waals surface area contributed by atoms with Crippen LogP contribution in [0, 0.1) is 17.8 Å². The molecule has 2 fully saturated rings. The van der Waals surface area contributed by atoms with E-state index in [4.69, 9.17) is 11.6 Å². The Balaban J connectivity index is 1.60. The maximum Gasteiger partial charge on any atom is 0.220 e. The number of nitrogens with one attached hydrogen (secondary N) is 1. The Bertz CT molecular complexity index is 244. The molecule has 2 saturated carbocycles. The number of unbranched alkanes of at least 4 members (excludes halogenated alkanes) is 1. The summed E-state index contributed by atoms with van der Waals surface area (Å²) in [5.41, 5.74) is 0. The minimum absolute atomic E-state index is 0.257. The van der Waals surface area contributed by atoms with E-state index >= 15 is 0 Å². The van der Waals surface area contributed by atoms with Crippen LogP contribution in [0.4, 0.5) is 0 Å². The molecule has 2 nitrogen and oxygen atoms in total. The zero-order chi connectivity index (χ0) is 11.4. The molecule has 0 heterocycles. The molecule has 0 aromatic heterocycles. The van der Waals surface area contributed by atoms with Crippen molar-refractivity contribution in [2.75, 3.05) is 12.4 Å². The SMILES string of the molecule is O=C(CC1CC2CCC1C2)NCCCCCl. The van der Waals surface area contributed by atoms with Crippen molar-refractivity contribution < 1.29 is 4.79 Å². The van der Waals surface area contributed by atoms with Crippen molar-refractivity contribution in [2.24, 2.45) is 17.8 Å². The van der Waals surface area contributed by atoms with E-state index in [0.29, 0.717) is 11.8 Å². The van der Waals surface area contributed by atoms with Crippen LogP contribution >= 0.6 is 11.6 Å². The molecular weight excluding hydrogens is 222 g/mol. The average Bonchev–Trinajstić information content (AvgIpc) is 2.86. The highest BCUT2D eigenvalue weighted by molar-refractivity contribution is 6.17. The zero-order valence-electron chi connectivity index (χ0n) is 9.88. The molecule has 0 aromatic carbocycles. The summed E-state index contributed by atoms with van der Waals surface area (Å²) >= 11 is 5.58. The van der Waals surface area contributed by atoms with Gasteiger partial charge in [-0.15, -0.1) is 11.6 Å². The third kappa shape index (κ3) is 3.13. The average molecular weight is 244 g/mol. The molecule has 2 aliphatic carbocycles. The maximum absolute atomic E-state index is 11.7. The van der Waals surface area contributed by atoms with E-state index in [1.54, 1.807) is 0 Å². The molecule has 16 heavy (non-hydrogen) atoms. The van der Waals surface area contributed by atoms with E-state index in [0.717, 1.165) is 37.6 Å². The highest BCUT2D eigenvalue weighted by Crippen LogP contribution is 2.49. The number of hydrogen-bond acceptors (Lipinski definition) is 1. The van der Waals surface area contributed by atoms with Gasteiger partial charge in [-0.25, -0.2) is 0 Å². The van der Waals surface area contributed by atoms with Crippen LogP contribution in [-0.4, -0.2) is 18.3 Å². The van der Waals surface area contributed by atoms with Gasteiger partial charge in [0.05, 0.1) is 0 Å².